The molecule has 1 fully saturated rings. The first kappa shape index (κ1) is 33.2. The van der Waals surface area contributed by atoms with Gasteiger partial charge in [-0.1, -0.05) is 42.5 Å². The number of aryl methyl sites for hydroxylation is 1. The first-order valence-corrected chi connectivity index (χ1v) is 15.1. The van der Waals surface area contributed by atoms with Crippen molar-refractivity contribution < 1.29 is 38.4 Å². The number of carboxylic acid groups (broad SMARTS) is 1. The number of nitrogens with one attached hydrogen (secondary N) is 1. The summed E-state index contributed by atoms with van der Waals surface area (Å²) in [5.41, 5.74) is 2.75. The van der Waals surface area contributed by atoms with Crippen molar-refractivity contribution in [3.63, 3.8) is 0 Å². The van der Waals surface area contributed by atoms with Gasteiger partial charge < -0.3 is 34.3 Å². The largest absolute Gasteiger partial charge is 0.493 e. The van der Waals surface area contributed by atoms with Crippen LogP contribution in [0.5, 0.6) is 23.0 Å². The Labute approximate surface area is 264 Å². The maximum atomic E-state index is 12.9. The van der Waals surface area contributed by atoms with Crippen LogP contribution in [-0.2, 0) is 33.8 Å². The number of rotatable bonds is 15. The normalized spacial score (nSPS) is 13.9. The van der Waals surface area contributed by atoms with Gasteiger partial charge in [0.2, 0.25) is 17.6 Å². The molecule has 0 spiro atoms. The molecule has 1 aliphatic heterocycles. The summed E-state index contributed by atoms with van der Waals surface area (Å²) in [6.07, 6.45) is 2.63. The van der Waals surface area contributed by atoms with E-state index in [1.165, 1.54) is 0 Å². The van der Waals surface area contributed by atoms with E-state index in [2.05, 4.69) is 5.32 Å². The molecule has 2 amide bonds. The van der Waals surface area contributed by atoms with Gasteiger partial charge in [0.05, 0.1) is 21.3 Å². The molecule has 45 heavy (non-hydrogen) atoms. The van der Waals surface area contributed by atoms with E-state index in [0.29, 0.717) is 68.4 Å². The number of carbonyl (C=O) groups excluding carboxylic acids is 2. The molecule has 0 aliphatic carbocycles. The van der Waals surface area contributed by atoms with E-state index in [4.69, 9.17) is 18.9 Å². The number of aliphatic carboxylic acids is 1. The molecule has 2 N–H and O–H groups in total. The third-order valence-corrected chi connectivity index (χ3v) is 8.04. The Morgan fingerprint density at radius 3 is 2.09 bits per heavy atom. The number of methoxy groups -OCH3 is 3. The van der Waals surface area contributed by atoms with E-state index in [0.717, 1.165) is 16.7 Å². The number of ether oxygens (including phenoxy) is 4. The summed E-state index contributed by atoms with van der Waals surface area (Å²) >= 11 is 0. The monoisotopic (exact) mass is 618 g/mol. The van der Waals surface area contributed by atoms with Crippen molar-refractivity contribution in [1.29, 1.82) is 0 Å². The maximum Gasteiger partial charge on any atom is 0.326 e. The highest BCUT2D eigenvalue weighted by Gasteiger charge is 2.27. The zero-order valence-electron chi connectivity index (χ0n) is 26.1. The van der Waals surface area contributed by atoms with Crippen molar-refractivity contribution in [3.05, 3.63) is 83.4 Å². The number of piperidine rings is 1. The van der Waals surface area contributed by atoms with Crippen LogP contribution in [0.3, 0.4) is 0 Å². The Hall–Kier alpha value is -4.73. The molecular weight excluding hydrogens is 576 g/mol. The van der Waals surface area contributed by atoms with Gasteiger partial charge >= 0.3 is 5.97 Å². The summed E-state index contributed by atoms with van der Waals surface area (Å²) in [5, 5.41) is 12.5. The molecule has 1 aliphatic rings. The van der Waals surface area contributed by atoms with E-state index < -0.39 is 12.0 Å². The lowest BCUT2D eigenvalue weighted by molar-refractivity contribution is -0.142. The third kappa shape index (κ3) is 9.63. The summed E-state index contributed by atoms with van der Waals surface area (Å²) < 4.78 is 22.0. The Kier molecular flexibility index (Phi) is 12.1. The second kappa shape index (κ2) is 16.4. The van der Waals surface area contributed by atoms with Crippen molar-refractivity contribution in [2.24, 2.45) is 5.92 Å². The zero-order chi connectivity index (χ0) is 32.2. The maximum absolute atomic E-state index is 12.9. The van der Waals surface area contributed by atoms with Crippen molar-refractivity contribution in [3.8, 4) is 23.0 Å². The van der Waals surface area contributed by atoms with E-state index in [9.17, 15) is 19.5 Å². The molecule has 4 rings (SSSR count). The third-order valence-electron chi connectivity index (χ3n) is 8.04. The molecule has 1 saturated heterocycles. The van der Waals surface area contributed by atoms with Gasteiger partial charge in [-0.15, -0.1) is 0 Å². The average Bonchev–Trinajstić information content (AvgIpc) is 3.06. The van der Waals surface area contributed by atoms with E-state index in [1.54, 1.807) is 33.5 Å². The SMILES string of the molecule is COc1cc(CCC(=O)N2CCC(CC(=O)N[C@@H](Cc3ccc(OCc4ccccc4)cc3)C(=O)O)CC2)cc(OC)c1OC. The van der Waals surface area contributed by atoms with Gasteiger partial charge in [0.1, 0.15) is 18.4 Å². The highest BCUT2D eigenvalue weighted by Crippen LogP contribution is 2.38. The van der Waals surface area contributed by atoms with Crippen LogP contribution in [0.4, 0.5) is 0 Å². The molecule has 0 saturated carbocycles. The van der Waals surface area contributed by atoms with Crippen molar-refractivity contribution in [1.82, 2.24) is 10.2 Å². The second-order valence-corrected chi connectivity index (χ2v) is 11.1. The Morgan fingerprint density at radius 1 is 0.867 bits per heavy atom. The Balaban J connectivity index is 1.20. The standard InChI is InChI=1S/C35H42N2O8/c1-42-30-20-27(21-31(43-2)34(30)44-3)11-14-33(39)37-17-15-25(16-18-37)22-32(38)36-29(35(40)41)19-24-9-12-28(13-10-24)45-23-26-7-5-4-6-8-26/h4-10,12-13,20-21,25,29H,11,14-19,22-23H2,1-3H3,(H,36,38)(H,40,41)/t29-/m0/s1. The fourth-order valence-electron chi connectivity index (χ4n) is 5.49. The van der Waals surface area contributed by atoms with Gasteiger partial charge in [0.25, 0.3) is 0 Å². The first-order valence-electron chi connectivity index (χ1n) is 15.1. The molecular formula is C35H42N2O8. The van der Waals surface area contributed by atoms with Gasteiger partial charge in [0.15, 0.2) is 11.5 Å². The number of nitrogens with zero attached hydrogens (tertiary/aromatic N) is 1. The minimum Gasteiger partial charge on any atom is -0.493 e. The minimum absolute atomic E-state index is 0.0501. The van der Waals surface area contributed by atoms with Crippen LogP contribution in [0.1, 0.15) is 42.4 Å². The summed E-state index contributed by atoms with van der Waals surface area (Å²) in [7, 11) is 4.66. The number of carboxylic acids is 1. The van der Waals surface area contributed by atoms with Crippen LogP contribution in [-0.4, -0.2) is 68.3 Å². The van der Waals surface area contributed by atoms with Gasteiger partial charge in [-0.05, 0) is 66.1 Å². The number of amides is 2. The molecule has 1 atom stereocenters. The fourth-order valence-corrected chi connectivity index (χ4v) is 5.49. The van der Waals surface area contributed by atoms with Crippen LogP contribution >= 0.6 is 0 Å². The number of benzene rings is 3. The lowest BCUT2D eigenvalue weighted by atomic mass is 9.92. The van der Waals surface area contributed by atoms with E-state index in [-0.39, 0.29) is 30.6 Å². The van der Waals surface area contributed by atoms with Gasteiger partial charge in [-0.2, -0.15) is 0 Å². The molecule has 0 bridgehead atoms. The second-order valence-electron chi connectivity index (χ2n) is 11.1. The lowest BCUT2D eigenvalue weighted by Crippen LogP contribution is -2.44. The molecule has 0 radical (unpaired) electrons. The van der Waals surface area contributed by atoms with Gasteiger partial charge in [-0.3, -0.25) is 9.59 Å². The Bertz CT molecular complexity index is 1390. The quantitative estimate of drug-likeness (QED) is 0.252. The highest BCUT2D eigenvalue weighted by molar-refractivity contribution is 5.84. The zero-order valence-corrected chi connectivity index (χ0v) is 26.1. The molecule has 3 aromatic carbocycles. The summed E-state index contributed by atoms with van der Waals surface area (Å²) in [5.74, 6) is 1.04. The molecule has 10 heteroatoms. The molecule has 1 heterocycles. The lowest BCUT2D eigenvalue weighted by Gasteiger charge is -2.32. The van der Waals surface area contributed by atoms with Crippen LogP contribution in [0.15, 0.2) is 66.7 Å². The smallest absolute Gasteiger partial charge is 0.326 e. The topological polar surface area (TPSA) is 124 Å². The van der Waals surface area contributed by atoms with Crippen molar-refractivity contribution in [2.75, 3.05) is 34.4 Å². The Morgan fingerprint density at radius 2 is 1.51 bits per heavy atom. The van der Waals surface area contributed by atoms with Crippen LogP contribution in [0.2, 0.25) is 0 Å². The minimum atomic E-state index is -1.08. The summed E-state index contributed by atoms with van der Waals surface area (Å²) in [6, 6.07) is 19.7. The summed E-state index contributed by atoms with van der Waals surface area (Å²) in [6.45, 7) is 1.57. The van der Waals surface area contributed by atoms with Gasteiger partial charge in [-0.25, -0.2) is 4.79 Å². The fraction of sp³-hybridized carbons (Fsp3) is 0.400. The number of likely N-dealkylation sites (tertiary alicyclic amines) is 1. The van der Waals surface area contributed by atoms with Crippen molar-refractivity contribution >= 4 is 17.8 Å². The van der Waals surface area contributed by atoms with Crippen LogP contribution in [0, 0.1) is 5.92 Å². The first-order chi connectivity index (χ1) is 21.8. The molecule has 3 aromatic rings. The number of hydrogen-bond donors (Lipinski definition) is 2. The average molecular weight is 619 g/mol. The molecule has 0 aromatic heterocycles. The molecule has 0 unspecified atom stereocenters. The van der Waals surface area contributed by atoms with E-state index in [1.807, 2.05) is 59.5 Å². The van der Waals surface area contributed by atoms with Crippen LogP contribution < -0.4 is 24.3 Å². The molecule has 10 nitrogen and oxygen atoms in total. The molecule has 240 valence electrons. The predicted molar refractivity (Wildman–Crippen MR) is 169 cm³/mol. The van der Waals surface area contributed by atoms with Crippen molar-refractivity contribution in [2.45, 2.75) is 51.2 Å². The van der Waals surface area contributed by atoms with Gasteiger partial charge in [0, 0.05) is 32.4 Å². The summed E-state index contributed by atoms with van der Waals surface area (Å²) in [4.78, 5) is 39.5. The number of carbonyl (C=O) groups is 3. The van der Waals surface area contributed by atoms with Crippen LogP contribution in [0.25, 0.3) is 0 Å². The predicted octanol–water partition coefficient (Wildman–Crippen LogP) is 4.66. The highest BCUT2D eigenvalue weighted by atomic mass is 16.5. The number of hydrogen-bond acceptors (Lipinski definition) is 7. The van der Waals surface area contributed by atoms with E-state index >= 15 is 0 Å².